The molecule has 8 aromatic rings. The molecule has 4 aromatic carbocycles. The highest BCUT2D eigenvalue weighted by molar-refractivity contribution is 6.09. The van der Waals surface area contributed by atoms with Crippen LogP contribution in [0.3, 0.4) is 0 Å². The Hall–Kier alpha value is -5.75. The first kappa shape index (κ1) is 23.2. The van der Waals surface area contributed by atoms with E-state index in [2.05, 4.69) is 74.2 Å². The van der Waals surface area contributed by atoms with Crippen LogP contribution in [0.2, 0.25) is 0 Å². The standard InChI is InChI=1S/C35H23N5O/c1-2-12-33-30(10-1)31-15-14-28(20-34(31)40(33)35-13-3-4-17-37-35)41-27-9-6-8-26(19-27)39-23-25(21-38-39)29-11-5-7-24-16-18-36-22-32(24)29/h1-23H. The van der Waals surface area contributed by atoms with Crippen LogP contribution in [-0.4, -0.2) is 24.3 Å². The molecule has 0 amide bonds. The van der Waals surface area contributed by atoms with Crippen LogP contribution in [0.15, 0.2) is 140 Å². The first-order valence-corrected chi connectivity index (χ1v) is 13.4. The normalized spacial score (nSPS) is 11.4. The molecule has 0 N–H and O–H groups in total. The first-order chi connectivity index (χ1) is 20.3. The Morgan fingerprint density at radius 1 is 0.610 bits per heavy atom. The van der Waals surface area contributed by atoms with Gasteiger partial charge in [-0.3, -0.25) is 9.55 Å². The summed E-state index contributed by atoms with van der Waals surface area (Å²) in [6, 6.07) is 36.8. The topological polar surface area (TPSA) is 57.8 Å². The monoisotopic (exact) mass is 529 g/mol. The zero-order chi connectivity index (χ0) is 27.2. The predicted octanol–water partition coefficient (Wildman–Crippen LogP) is 8.37. The van der Waals surface area contributed by atoms with Gasteiger partial charge in [-0.25, -0.2) is 9.67 Å². The third-order valence-electron chi connectivity index (χ3n) is 7.42. The molecule has 0 saturated carbocycles. The van der Waals surface area contributed by atoms with Crippen molar-refractivity contribution in [3.05, 3.63) is 140 Å². The van der Waals surface area contributed by atoms with Crippen LogP contribution >= 0.6 is 0 Å². The van der Waals surface area contributed by atoms with E-state index in [4.69, 9.17) is 4.74 Å². The molecule has 0 atom stereocenters. The average molecular weight is 530 g/mol. The predicted molar refractivity (Wildman–Crippen MR) is 163 cm³/mol. The summed E-state index contributed by atoms with van der Waals surface area (Å²) in [5, 5.41) is 9.24. The van der Waals surface area contributed by atoms with E-state index in [-0.39, 0.29) is 0 Å². The van der Waals surface area contributed by atoms with Gasteiger partial charge in [0.15, 0.2) is 0 Å². The Morgan fingerprint density at radius 3 is 2.44 bits per heavy atom. The smallest absolute Gasteiger partial charge is 0.137 e. The molecular formula is C35H23N5O. The quantitative estimate of drug-likeness (QED) is 0.225. The Morgan fingerprint density at radius 2 is 1.49 bits per heavy atom. The van der Waals surface area contributed by atoms with Crippen molar-refractivity contribution >= 4 is 32.6 Å². The van der Waals surface area contributed by atoms with Crippen LogP contribution in [-0.2, 0) is 0 Å². The molecule has 0 saturated heterocycles. The molecule has 0 aliphatic carbocycles. The molecule has 6 heteroatoms. The third-order valence-corrected chi connectivity index (χ3v) is 7.42. The lowest BCUT2D eigenvalue weighted by Crippen LogP contribution is -1.96. The molecule has 0 aliphatic heterocycles. The highest BCUT2D eigenvalue weighted by atomic mass is 16.5. The van der Waals surface area contributed by atoms with Gasteiger partial charge in [-0.2, -0.15) is 5.10 Å². The second-order valence-electron chi connectivity index (χ2n) is 9.89. The number of fused-ring (bicyclic) bond motifs is 4. The number of pyridine rings is 2. The molecule has 41 heavy (non-hydrogen) atoms. The summed E-state index contributed by atoms with van der Waals surface area (Å²) in [7, 11) is 0. The van der Waals surface area contributed by atoms with Crippen molar-refractivity contribution in [1.29, 1.82) is 0 Å². The van der Waals surface area contributed by atoms with E-state index < -0.39 is 0 Å². The number of nitrogens with zero attached hydrogens (tertiary/aromatic N) is 5. The van der Waals surface area contributed by atoms with Crippen LogP contribution < -0.4 is 4.74 Å². The number of aromatic nitrogens is 5. The van der Waals surface area contributed by atoms with Crippen molar-refractivity contribution in [2.75, 3.05) is 0 Å². The van der Waals surface area contributed by atoms with Crippen LogP contribution in [0.1, 0.15) is 0 Å². The number of ether oxygens (including phenoxy) is 1. The molecule has 0 fully saturated rings. The highest BCUT2D eigenvalue weighted by Gasteiger charge is 2.14. The van der Waals surface area contributed by atoms with Gasteiger partial charge in [-0.1, -0.05) is 48.5 Å². The lowest BCUT2D eigenvalue weighted by atomic mass is 10.0. The van der Waals surface area contributed by atoms with Crippen molar-refractivity contribution in [3.63, 3.8) is 0 Å². The minimum absolute atomic E-state index is 0.730. The molecule has 0 spiro atoms. The van der Waals surface area contributed by atoms with E-state index >= 15 is 0 Å². The average Bonchev–Trinajstić information content (AvgIpc) is 3.65. The van der Waals surface area contributed by atoms with E-state index in [9.17, 15) is 0 Å². The number of rotatable bonds is 5. The van der Waals surface area contributed by atoms with Gasteiger partial charge in [0, 0.05) is 58.6 Å². The summed E-state index contributed by atoms with van der Waals surface area (Å²) in [6.07, 6.45) is 9.47. The van der Waals surface area contributed by atoms with Crippen molar-refractivity contribution in [2.45, 2.75) is 0 Å². The van der Waals surface area contributed by atoms with Crippen LogP contribution in [0.5, 0.6) is 11.5 Å². The number of hydrogen-bond acceptors (Lipinski definition) is 4. The molecule has 4 heterocycles. The summed E-state index contributed by atoms with van der Waals surface area (Å²) in [4.78, 5) is 8.95. The van der Waals surface area contributed by atoms with Crippen molar-refractivity contribution in [2.24, 2.45) is 0 Å². The van der Waals surface area contributed by atoms with Gasteiger partial charge in [-0.05, 0) is 59.5 Å². The van der Waals surface area contributed by atoms with E-state index in [0.717, 1.165) is 61.3 Å². The van der Waals surface area contributed by atoms with Gasteiger partial charge < -0.3 is 4.74 Å². The van der Waals surface area contributed by atoms with Crippen molar-refractivity contribution in [3.8, 4) is 34.1 Å². The molecule has 4 aromatic heterocycles. The second kappa shape index (κ2) is 9.47. The maximum Gasteiger partial charge on any atom is 0.137 e. The van der Waals surface area contributed by atoms with Gasteiger partial charge in [0.2, 0.25) is 0 Å². The van der Waals surface area contributed by atoms with Crippen LogP contribution in [0.25, 0.3) is 55.2 Å². The minimum Gasteiger partial charge on any atom is -0.457 e. The molecule has 0 bridgehead atoms. The minimum atomic E-state index is 0.730. The fourth-order valence-corrected chi connectivity index (χ4v) is 5.54. The Bertz CT molecular complexity index is 2190. The largest absolute Gasteiger partial charge is 0.457 e. The summed E-state index contributed by atoms with van der Waals surface area (Å²) < 4.78 is 10.5. The molecule has 8 rings (SSSR count). The van der Waals surface area contributed by atoms with Crippen LogP contribution in [0, 0.1) is 0 Å². The third kappa shape index (κ3) is 4.01. The van der Waals surface area contributed by atoms with E-state index in [1.165, 1.54) is 5.39 Å². The number of benzene rings is 4. The van der Waals surface area contributed by atoms with E-state index in [1.807, 2.05) is 90.3 Å². The van der Waals surface area contributed by atoms with Crippen molar-refractivity contribution < 1.29 is 4.74 Å². The SMILES string of the molecule is c1ccc(-n2c3ccccc3c3ccc(Oc4cccc(-n5cc(-c6cccc7ccncc67)cn5)c4)cc32)nc1. The fraction of sp³-hybridized carbons (Fsp3) is 0. The number of para-hydroxylation sites is 1. The number of hydrogen-bond donors (Lipinski definition) is 0. The van der Waals surface area contributed by atoms with Gasteiger partial charge in [-0.15, -0.1) is 0 Å². The molecule has 194 valence electrons. The molecular weight excluding hydrogens is 506 g/mol. The second-order valence-corrected chi connectivity index (χ2v) is 9.89. The summed E-state index contributed by atoms with van der Waals surface area (Å²) in [6.45, 7) is 0. The Balaban J connectivity index is 1.15. The lowest BCUT2D eigenvalue weighted by Gasteiger charge is -2.10. The van der Waals surface area contributed by atoms with E-state index in [0.29, 0.717) is 0 Å². The summed E-state index contributed by atoms with van der Waals surface area (Å²) in [5.41, 5.74) is 5.20. The van der Waals surface area contributed by atoms with Crippen LogP contribution in [0.4, 0.5) is 0 Å². The maximum atomic E-state index is 6.40. The van der Waals surface area contributed by atoms with Crippen molar-refractivity contribution in [1.82, 2.24) is 24.3 Å². The summed E-state index contributed by atoms with van der Waals surface area (Å²) >= 11 is 0. The zero-order valence-electron chi connectivity index (χ0n) is 21.9. The Labute approximate surface area is 235 Å². The zero-order valence-corrected chi connectivity index (χ0v) is 21.9. The molecule has 0 radical (unpaired) electrons. The summed E-state index contributed by atoms with van der Waals surface area (Å²) in [5.74, 6) is 2.35. The van der Waals surface area contributed by atoms with Gasteiger partial charge in [0.25, 0.3) is 0 Å². The Kier molecular flexibility index (Phi) is 5.35. The van der Waals surface area contributed by atoms with Gasteiger partial charge in [0.1, 0.15) is 17.3 Å². The van der Waals surface area contributed by atoms with E-state index in [1.54, 1.807) is 0 Å². The molecule has 0 unspecified atom stereocenters. The lowest BCUT2D eigenvalue weighted by molar-refractivity contribution is 0.483. The first-order valence-electron chi connectivity index (χ1n) is 13.4. The molecule has 6 nitrogen and oxygen atoms in total. The fourth-order valence-electron chi connectivity index (χ4n) is 5.54. The molecule has 0 aliphatic rings. The highest BCUT2D eigenvalue weighted by Crippen LogP contribution is 2.35. The van der Waals surface area contributed by atoms with Gasteiger partial charge >= 0.3 is 0 Å². The van der Waals surface area contributed by atoms with Gasteiger partial charge in [0.05, 0.1) is 22.9 Å². The maximum absolute atomic E-state index is 6.40.